The molecule has 0 fully saturated rings. The monoisotopic (exact) mass is 404 g/mol. The van der Waals surface area contributed by atoms with Crippen molar-refractivity contribution < 1.29 is 14.7 Å². The molecule has 0 spiro atoms. The van der Waals surface area contributed by atoms with Gasteiger partial charge in [-0.1, -0.05) is 30.3 Å². The van der Waals surface area contributed by atoms with E-state index in [1.165, 1.54) is 17.8 Å². The number of nitrogens with one attached hydrogen (secondary N) is 2. The molecule has 2 aromatic heterocycles. The maximum atomic E-state index is 12.8. The van der Waals surface area contributed by atoms with Crippen molar-refractivity contribution in [1.29, 1.82) is 0 Å². The summed E-state index contributed by atoms with van der Waals surface area (Å²) in [6.45, 7) is 1.54. The summed E-state index contributed by atoms with van der Waals surface area (Å²) in [4.78, 5) is 44.6. The number of H-pyrrole nitrogens is 1. The number of rotatable bonds is 6. The molecule has 0 aliphatic rings. The van der Waals surface area contributed by atoms with Gasteiger partial charge in [-0.05, 0) is 30.7 Å². The first-order valence-corrected chi connectivity index (χ1v) is 9.50. The molecule has 30 heavy (non-hydrogen) atoms. The Bertz CT molecular complexity index is 1310. The zero-order chi connectivity index (χ0) is 21.3. The van der Waals surface area contributed by atoms with Crippen LogP contribution in [0.5, 0.6) is 0 Å². The van der Waals surface area contributed by atoms with Gasteiger partial charge in [-0.15, -0.1) is 0 Å². The molecule has 2 unspecified atom stereocenters. The van der Waals surface area contributed by atoms with Gasteiger partial charge in [0.2, 0.25) is 5.91 Å². The van der Waals surface area contributed by atoms with Gasteiger partial charge >= 0.3 is 5.97 Å². The Labute approximate surface area is 171 Å². The number of carboxylic acid groups (broad SMARTS) is 1. The Balaban J connectivity index is 1.57. The highest BCUT2D eigenvalue weighted by molar-refractivity contribution is 5.88. The van der Waals surface area contributed by atoms with Crippen LogP contribution in [0.3, 0.4) is 0 Å². The average Bonchev–Trinajstić information content (AvgIpc) is 3.16. The summed E-state index contributed by atoms with van der Waals surface area (Å²) in [5.74, 6) is -1.72. The zero-order valence-corrected chi connectivity index (χ0v) is 16.2. The van der Waals surface area contributed by atoms with Gasteiger partial charge in [-0.2, -0.15) is 0 Å². The van der Waals surface area contributed by atoms with Crippen molar-refractivity contribution in [3.8, 4) is 0 Å². The number of nitrogens with zero attached hydrogens (tertiary/aromatic N) is 2. The molecule has 8 nitrogen and oxygen atoms in total. The number of carbonyl (C=O) groups excluding carboxylic acids is 1. The van der Waals surface area contributed by atoms with Gasteiger partial charge in [0, 0.05) is 23.5 Å². The minimum atomic E-state index is -1.15. The Morgan fingerprint density at radius 1 is 1.13 bits per heavy atom. The fourth-order valence-corrected chi connectivity index (χ4v) is 3.50. The predicted molar refractivity (Wildman–Crippen MR) is 112 cm³/mol. The summed E-state index contributed by atoms with van der Waals surface area (Å²) >= 11 is 0. The lowest BCUT2D eigenvalue weighted by Gasteiger charge is -2.19. The van der Waals surface area contributed by atoms with Crippen LogP contribution in [0.2, 0.25) is 0 Å². The summed E-state index contributed by atoms with van der Waals surface area (Å²) in [5.41, 5.74) is 1.86. The van der Waals surface area contributed by atoms with Crippen LogP contribution in [0, 0.1) is 0 Å². The zero-order valence-electron chi connectivity index (χ0n) is 16.2. The third kappa shape index (κ3) is 3.55. The number of carbonyl (C=O) groups is 2. The number of hydrogen-bond acceptors (Lipinski definition) is 4. The van der Waals surface area contributed by atoms with Crippen LogP contribution in [-0.4, -0.2) is 37.6 Å². The molecular weight excluding hydrogens is 384 g/mol. The number of benzene rings is 2. The van der Waals surface area contributed by atoms with Crippen molar-refractivity contribution in [3.63, 3.8) is 0 Å². The van der Waals surface area contributed by atoms with Gasteiger partial charge in [0.25, 0.3) is 5.56 Å². The number of para-hydroxylation sites is 2. The van der Waals surface area contributed by atoms with Crippen LogP contribution < -0.4 is 10.9 Å². The highest BCUT2D eigenvalue weighted by atomic mass is 16.4. The summed E-state index contributed by atoms with van der Waals surface area (Å²) in [5, 5.41) is 13.5. The topological polar surface area (TPSA) is 117 Å². The highest BCUT2D eigenvalue weighted by Gasteiger charge is 2.26. The average molecular weight is 404 g/mol. The van der Waals surface area contributed by atoms with E-state index in [1.807, 2.05) is 24.3 Å². The quantitative estimate of drug-likeness (QED) is 0.456. The lowest BCUT2D eigenvalue weighted by molar-refractivity contribution is -0.142. The number of carboxylic acids is 1. The maximum absolute atomic E-state index is 12.8. The molecule has 0 saturated heterocycles. The van der Waals surface area contributed by atoms with Crippen LogP contribution in [0.15, 0.2) is 65.8 Å². The van der Waals surface area contributed by atoms with Crippen molar-refractivity contribution in [1.82, 2.24) is 19.9 Å². The number of fused-ring (bicyclic) bond motifs is 2. The van der Waals surface area contributed by atoms with Gasteiger partial charge in [0.1, 0.15) is 12.1 Å². The van der Waals surface area contributed by atoms with E-state index in [9.17, 15) is 19.5 Å². The number of aromatic amines is 1. The SMILES string of the molecule is CC(C(=O)NC(Cc1c[nH]c2ccccc12)C(=O)O)n1cnc2ccccc2c1=O. The molecule has 152 valence electrons. The Hall–Kier alpha value is -3.94. The normalized spacial score (nSPS) is 13.2. The fourth-order valence-electron chi connectivity index (χ4n) is 3.50. The minimum Gasteiger partial charge on any atom is -0.480 e. The molecule has 0 bridgehead atoms. The first kappa shape index (κ1) is 19.4. The van der Waals surface area contributed by atoms with E-state index < -0.39 is 24.0 Å². The fraction of sp³-hybridized carbons (Fsp3) is 0.182. The summed E-state index contributed by atoms with van der Waals surface area (Å²) in [7, 11) is 0. The van der Waals surface area contributed by atoms with Crippen LogP contribution in [0.4, 0.5) is 0 Å². The number of hydrogen-bond donors (Lipinski definition) is 3. The Morgan fingerprint density at radius 3 is 2.60 bits per heavy atom. The van der Waals surface area contributed by atoms with E-state index in [-0.39, 0.29) is 12.0 Å². The summed E-state index contributed by atoms with van der Waals surface area (Å²) in [6, 6.07) is 12.4. The molecule has 3 N–H and O–H groups in total. The van der Waals surface area contributed by atoms with Crippen molar-refractivity contribution in [2.75, 3.05) is 0 Å². The van der Waals surface area contributed by atoms with Gasteiger partial charge in [-0.25, -0.2) is 9.78 Å². The first-order chi connectivity index (χ1) is 14.5. The molecular formula is C22H20N4O4. The van der Waals surface area contributed by atoms with Gasteiger partial charge in [0.05, 0.1) is 17.2 Å². The van der Waals surface area contributed by atoms with E-state index in [1.54, 1.807) is 30.5 Å². The van der Waals surface area contributed by atoms with Crippen molar-refractivity contribution in [3.05, 3.63) is 77.0 Å². The predicted octanol–water partition coefficient (Wildman–Crippen LogP) is 2.25. The number of amides is 1. The van der Waals surface area contributed by atoms with Crippen molar-refractivity contribution in [2.45, 2.75) is 25.4 Å². The Morgan fingerprint density at radius 2 is 1.83 bits per heavy atom. The van der Waals surface area contributed by atoms with Gasteiger partial charge < -0.3 is 15.4 Å². The van der Waals surface area contributed by atoms with Crippen LogP contribution in [0.25, 0.3) is 21.8 Å². The molecule has 4 rings (SSSR count). The molecule has 4 aromatic rings. The summed E-state index contributed by atoms with van der Waals surface area (Å²) < 4.78 is 1.21. The number of aliphatic carboxylic acids is 1. The largest absolute Gasteiger partial charge is 0.480 e. The standard InChI is InChI=1S/C22H20N4O4/c1-13(26-12-24-18-9-5-3-7-16(18)21(26)28)20(27)25-19(22(29)30)10-14-11-23-17-8-4-2-6-15(14)17/h2-9,11-13,19,23H,10H2,1H3,(H,25,27)(H,29,30). The number of aromatic nitrogens is 3. The van der Waals surface area contributed by atoms with Crippen LogP contribution in [0.1, 0.15) is 18.5 Å². The Kier molecular flexibility index (Phi) is 5.05. The van der Waals surface area contributed by atoms with Gasteiger partial charge in [0.15, 0.2) is 0 Å². The second kappa shape index (κ2) is 7.82. The molecule has 2 aromatic carbocycles. The van der Waals surface area contributed by atoms with E-state index in [2.05, 4.69) is 15.3 Å². The second-order valence-electron chi connectivity index (χ2n) is 7.11. The van der Waals surface area contributed by atoms with E-state index >= 15 is 0 Å². The van der Waals surface area contributed by atoms with Crippen LogP contribution in [-0.2, 0) is 16.0 Å². The maximum Gasteiger partial charge on any atom is 0.326 e. The smallest absolute Gasteiger partial charge is 0.326 e. The van der Waals surface area contributed by atoms with E-state index in [0.29, 0.717) is 10.9 Å². The second-order valence-corrected chi connectivity index (χ2v) is 7.11. The van der Waals surface area contributed by atoms with Crippen molar-refractivity contribution in [2.24, 2.45) is 0 Å². The van der Waals surface area contributed by atoms with Gasteiger partial charge in [-0.3, -0.25) is 14.2 Å². The molecule has 8 heteroatoms. The molecule has 2 atom stereocenters. The van der Waals surface area contributed by atoms with Crippen LogP contribution >= 0.6 is 0 Å². The summed E-state index contributed by atoms with van der Waals surface area (Å²) in [6.07, 6.45) is 3.17. The molecule has 0 aliphatic carbocycles. The lowest BCUT2D eigenvalue weighted by Crippen LogP contribution is -2.46. The minimum absolute atomic E-state index is 0.114. The third-order valence-electron chi connectivity index (χ3n) is 5.20. The first-order valence-electron chi connectivity index (χ1n) is 9.50. The molecule has 0 aliphatic heterocycles. The molecule has 0 radical (unpaired) electrons. The molecule has 2 heterocycles. The highest BCUT2D eigenvalue weighted by Crippen LogP contribution is 2.19. The van der Waals surface area contributed by atoms with Crippen molar-refractivity contribution >= 4 is 33.7 Å². The lowest BCUT2D eigenvalue weighted by atomic mass is 10.0. The molecule has 0 saturated carbocycles. The van der Waals surface area contributed by atoms with E-state index in [4.69, 9.17) is 0 Å². The van der Waals surface area contributed by atoms with E-state index in [0.717, 1.165) is 16.5 Å². The molecule has 1 amide bonds. The third-order valence-corrected chi connectivity index (χ3v) is 5.20.